The molecule has 0 unspecified atom stereocenters. The van der Waals surface area contributed by atoms with Gasteiger partial charge in [0, 0.05) is 23.9 Å². The average Bonchev–Trinajstić information content (AvgIpc) is 3.33. The second-order valence-electron chi connectivity index (χ2n) is 7.68. The van der Waals surface area contributed by atoms with E-state index in [1.54, 1.807) is 0 Å². The minimum Gasteiger partial charge on any atom is -0.360 e. The number of anilines is 1. The van der Waals surface area contributed by atoms with E-state index in [0.29, 0.717) is 12.0 Å². The van der Waals surface area contributed by atoms with Gasteiger partial charge < -0.3 is 9.88 Å². The minimum absolute atomic E-state index is 0.0354. The van der Waals surface area contributed by atoms with Gasteiger partial charge in [0.1, 0.15) is 12.1 Å². The van der Waals surface area contributed by atoms with Crippen LogP contribution >= 0.6 is 0 Å². The molecule has 0 bridgehead atoms. The zero-order valence-electron chi connectivity index (χ0n) is 16.0. The minimum atomic E-state index is 0.0354. The molecule has 0 spiro atoms. The van der Waals surface area contributed by atoms with Crippen molar-refractivity contribution in [3.8, 4) is 0 Å². The Morgan fingerprint density at radius 1 is 1.15 bits per heavy atom. The number of nitrogens with zero attached hydrogens (tertiary/aromatic N) is 6. The van der Waals surface area contributed by atoms with Crippen LogP contribution < -0.4 is 5.32 Å². The molecule has 0 aromatic carbocycles. The highest BCUT2D eigenvalue weighted by Gasteiger charge is 2.23. The highest BCUT2D eigenvalue weighted by atomic mass is 15.3. The summed E-state index contributed by atoms with van der Waals surface area (Å²) in [5, 5.41) is 16.8. The summed E-state index contributed by atoms with van der Waals surface area (Å²) < 4.78 is 4.13. The summed E-state index contributed by atoms with van der Waals surface area (Å²) in [6.45, 7) is 8.44. The van der Waals surface area contributed by atoms with E-state index in [4.69, 9.17) is 4.98 Å². The van der Waals surface area contributed by atoms with Crippen molar-refractivity contribution in [2.45, 2.75) is 71.4 Å². The number of fused-ring (bicyclic) bond motifs is 1. The smallest absolute Gasteiger partial charge is 0.157 e. The first-order chi connectivity index (χ1) is 12.5. The van der Waals surface area contributed by atoms with Gasteiger partial charge in [-0.25, -0.2) is 4.98 Å². The van der Waals surface area contributed by atoms with Crippen molar-refractivity contribution < 1.29 is 0 Å². The molecular formula is C19H27N7. The van der Waals surface area contributed by atoms with E-state index < -0.39 is 0 Å². The average molecular weight is 353 g/mol. The molecule has 3 heterocycles. The highest BCUT2D eigenvalue weighted by Crippen LogP contribution is 2.32. The van der Waals surface area contributed by atoms with Crippen LogP contribution in [0.1, 0.15) is 81.7 Å². The van der Waals surface area contributed by atoms with Crippen molar-refractivity contribution in [1.29, 1.82) is 0 Å². The number of nitrogens with one attached hydrogen (secondary N) is 1. The second-order valence-corrected chi connectivity index (χ2v) is 7.68. The monoisotopic (exact) mass is 353 g/mol. The fourth-order valence-electron chi connectivity index (χ4n) is 3.82. The van der Waals surface area contributed by atoms with Crippen LogP contribution in [0.5, 0.6) is 0 Å². The van der Waals surface area contributed by atoms with E-state index in [9.17, 15) is 0 Å². The van der Waals surface area contributed by atoms with Crippen molar-refractivity contribution in [3.05, 3.63) is 35.7 Å². The second kappa shape index (κ2) is 6.70. The number of aryl methyl sites for hydroxylation is 1. The normalized spacial score (nSPS) is 16.7. The molecule has 4 rings (SSSR count). The first-order valence-corrected chi connectivity index (χ1v) is 9.56. The molecule has 7 nitrogen and oxygen atoms in total. The lowest BCUT2D eigenvalue weighted by Crippen LogP contribution is -2.18. The van der Waals surface area contributed by atoms with Crippen LogP contribution in [0.25, 0.3) is 5.65 Å². The molecule has 3 aromatic rings. The van der Waals surface area contributed by atoms with Crippen LogP contribution in [0.3, 0.4) is 0 Å². The third-order valence-corrected chi connectivity index (χ3v) is 5.23. The van der Waals surface area contributed by atoms with Crippen LogP contribution in [0, 0.1) is 6.92 Å². The van der Waals surface area contributed by atoms with Gasteiger partial charge in [-0.05, 0) is 32.6 Å². The van der Waals surface area contributed by atoms with Crippen LogP contribution in [0.15, 0.2) is 18.5 Å². The zero-order valence-corrected chi connectivity index (χ0v) is 16.0. The van der Waals surface area contributed by atoms with Gasteiger partial charge in [-0.3, -0.25) is 0 Å². The van der Waals surface area contributed by atoms with Gasteiger partial charge in [0.2, 0.25) is 0 Å². The van der Waals surface area contributed by atoms with Gasteiger partial charge in [-0.1, -0.05) is 26.7 Å². The lowest BCUT2D eigenvalue weighted by molar-refractivity contribution is 0.487. The molecule has 7 heteroatoms. The Balaban J connectivity index is 1.67. The summed E-state index contributed by atoms with van der Waals surface area (Å²) in [4.78, 5) is 4.73. The third-order valence-electron chi connectivity index (χ3n) is 5.23. The van der Waals surface area contributed by atoms with E-state index in [1.807, 2.05) is 23.8 Å². The van der Waals surface area contributed by atoms with E-state index in [1.165, 1.54) is 25.7 Å². The van der Waals surface area contributed by atoms with Crippen LogP contribution in [0.2, 0.25) is 0 Å². The molecule has 0 amide bonds. The van der Waals surface area contributed by atoms with Crippen LogP contribution in [0.4, 0.5) is 5.82 Å². The Hall–Kier alpha value is -2.44. The fourth-order valence-corrected chi connectivity index (χ4v) is 3.82. The maximum Gasteiger partial charge on any atom is 0.157 e. The zero-order chi connectivity index (χ0) is 18.3. The van der Waals surface area contributed by atoms with Crippen molar-refractivity contribution in [2.75, 3.05) is 5.32 Å². The first kappa shape index (κ1) is 17.0. The SMILES string of the molecule is Cc1cc2nc(C(C)C)cc(N[C@H](C)c3nncn3C3CCCC3)n2n1. The largest absolute Gasteiger partial charge is 0.360 e. The summed E-state index contributed by atoms with van der Waals surface area (Å²) >= 11 is 0. The van der Waals surface area contributed by atoms with E-state index in [0.717, 1.165) is 28.7 Å². The molecule has 0 aliphatic heterocycles. The van der Waals surface area contributed by atoms with Gasteiger partial charge >= 0.3 is 0 Å². The number of hydrogen-bond donors (Lipinski definition) is 1. The topological polar surface area (TPSA) is 72.9 Å². The Bertz CT molecular complexity index is 902. The van der Waals surface area contributed by atoms with Crippen molar-refractivity contribution >= 4 is 11.5 Å². The summed E-state index contributed by atoms with van der Waals surface area (Å²) in [5.41, 5.74) is 2.90. The third kappa shape index (κ3) is 3.06. The molecule has 1 aliphatic rings. The molecule has 1 N–H and O–H groups in total. The number of rotatable bonds is 5. The fraction of sp³-hybridized carbons (Fsp3) is 0.579. The molecule has 0 saturated heterocycles. The van der Waals surface area contributed by atoms with E-state index in [-0.39, 0.29) is 6.04 Å². The summed E-state index contributed by atoms with van der Waals surface area (Å²) in [7, 11) is 0. The molecule has 3 aromatic heterocycles. The molecule has 1 saturated carbocycles. The highest BCUT2D eigenvalue weighted by molar-refractivity contribution is 5.51. The van der Waals surface area contributed by atoms with Gasteiger partial charge in [0.15, 0.2) is 11.5 Å². The standard InChI is InChI=1S/C19H27N7/c1-12(2)16-10-18(26-17(22-16)9-13(3)24-26)21-14(4)19-23-20-11-25(19)15-7-5-6-8-15/h9-12,14-15,21H,5-8H2,1-4H3/t14-/m1/s1. The van der Waals surface area contributed by atoms with Gasteiger partial charge in [0.25, 0.3) is 0 Å². The van der Waals surface area contributed by atoms with Crippen molar-refractivity contribution in [1.82, 2.24) is 29.4 Å². The van der Waals surface area contributed by atoms with E-state index >= 15 is 0 Å². The molecule has 1 atom stereocenters. The Morgan fingerprint density at radius 3 is 2.65 bits per heavy atom. The molecule has 0 radical (unpaired) electrons. The summed E-state index contributed by atoms with van der Waals surface area (Å²) in [6.07, 6.45) is 6.89. The van der Waals surface area contributed by atoms with Crippen molar-refractivity contribution in [3.63, 3.8) is 0 Å². The lowest BCUT2D eigenvalue weighted by Gasteiger charge is -2.20. The van der Waals surface area contributed by atoms with Gasteiger partial charge in [-0.2, -0.15) is 9.61 Å². The van der Waals surface area contributed by atoms with Crippen molar-refractivity contribution in [2.24, 2.45) is 0 Å². The molecular weight excluding hydrogens is 326 g/mol. The van der Waals surface area contributed by atoms with Gasteiger partial charge in [-0.15, -0.1) is 10.2 Å². The van der Waals surface area contributed by atoms with E-state index in [2.05, 4.69) is 52.0 Å². The Labute approximate surface area is 153 Å². The van der Waals surface area contributed by atoms with Crippen LogP contribution in [-0.4, -0.2) is 29.4 Å². The summed E-state index contributed by atoms with van der Waals surface area (Å²) in [5.74, 6) is 2.28. The predicted octanol–water partition coefficient (Wildman–Crippen LogP) is 4.04. The van der Waals surface area contributed by atoms with Gasteiger partial charge in [0.05, 0.1) is 11.7 Å². The Kier molecular flexibility index (Phi) is 4.38. The predicted molar refractivity (Wildman–Crippen MR) is 101 cm³/mol. The Morgan fingerprint density at radius 2 is 1.92 bits per heavy atom. The molecule has 26 heavy (non-hydrogen) atoms. The molecule has 1 aliphatic carbocycles. The molecule has 1 fully saturated rings. The number of hydrogen-bond acceptors (Lipinski definition) is 5. The first-order valence-electron chi connectivity index (χ1n) is 9.56. The van der Waals surface area contributed by atoms with Crippen LogP contribution in [-0.2, 0) is 0 Å². The lowest BCUT2D eigenvalue weighted by atomic mass is 10.1. The molecule has 138 valence electrons. The summed E-state index contributed by atoms with van der Waals surface area (Å²) in [6, 6.07) is 4.67. The number of aromatic nitrogens is 6. The quantitative estimate of drug-likeness (QED) is 0.749. The maximum atomic E-state index is 4.73. The maximum absolute atomic E-state index is 4.73.